The number of hydrogen-bond acceptors (Lipinski definition) is 6. The first kappa shape index (κ1) is 17.4. The van der Waals surface area contributed by atoms with Crippen molar-refractivity contribution < 1.29 is 4.79 Å². The van der Waals surface area contributed by atoms with E-state index in [0.29, 0.717) is 5.56 Å². The van der Waals surface area contributed by atoms with E-state index >= 15 is 0 Å². The first-order valence-electron chi connectivity index (χ1n) is 9.11. The van der Waals surface area contributed by atoms with E-state index in [9.17, 15) is 4.79 Å². The molecule has 142 valence electrons. The van der Waals surface area contributed by atoms with Crippen LogP contribution < -0.4 is 4.90 Å². The third-order valence-corrected chi connectivity index (χ3v) is 5.20. The Morgan fingerprint density at radius 2 is 2.04 bits per heavy atom. The zero-order chi connectivity index (χ0) is 19.1. The van der Waals surface area contributed by atoms with Crippen LogP contribution in [-0.2, 0) is 14.1 Å². The summed E-state index contributed by atoms with van der Waals surface area (Å²) in [7, 11) is 5.57. The van der Waals surface area contributed by atoms with Crippen LogP contribution >= 0.6 is 0 Å². The highest BCUT2D eigenvalue weighted by atomic mass is 16.2. The van der Waals surface area contributed by atoms with Gasteiger partial charge in [-0.25, -0.2) is 9.97 Å². The van der Waals surface area contributed by atoms with Crippen molar-refractivity contribution in [2.24, 2.45) is 14.1 Å². The van der Waals surface area contributed by atoms with Gasteiger partial charge in [-0.15, -0.1) is 0 Å². The molecule has 0 aromatic carbocycles. The predicted molar refractivity (Wildman–Crippen MR) is 102 cm³/mol. The van der Waals surface area contributed by atoms with Crippen LogP contribution in [0.15, 0.2) is 18.6 Å². The van der Waals surface area contributed by atoms with Crippen molar-refractivity contribution in [2.75, 3.05) is 25.0 Å². The monoisotopic (exact) mass is 368 g/mol. The fourth-order valence-electron chi connectivity index (χ4n) is 3.72. The van der Waals surface area contributed by atoms with Gasteiger partial charge in [0.15, 0.2) is 5.65 Å². The summed E-state index contributed by atoms with van der Waals surface area (Å²) in [6.07, 6.45) is 7.16. The Morgan fingerprint density at radius 3 is 2.78 bits per heavy atom. The van der Waals surface area contributed by atoms with Gasteiger partial charge in [0.1, 0.15) is 11.6 Å². The molecule has 3 aromatic rings. The molecule has 0 aliphatic carbocycles. The van der Waals surface area contributed by atoms with Crippen LogP contribution in [0.25, 0.3) is 11.0 Å². The van der Waals surface area contributed by atoms with Crippen molar-refractivity contribution in [2.45, 2.75) is 25.8 Å². The predicted octanol–water partition coefficient (Wildman–Crippen LogP) is 1.15. The largest absolute Gasteiger partial charge is 0.354 e. The number of hydrogen-bond donors (Lipinski definition) is 0. The molecule has 0 radical (unpaired) electrons. The van der Waals surface area contributed by atoms with Gasteiger partial charge in [0, 0.05) is 46.5 Å². The summed E-state index contributed by atoms with van der Waals surface area (Å²) in [5.41, 5.74) is 1.45. The number of likely N-dealkylation sites (N-methyl/N-ethyl adjacent to an activating group) is 1. The van der Waals surface area contributed by atoms with Gasteiger partial charge in [-0.05, 0) is 19.8 Å². The minimum atomic E-state index is 0.000317. The van der Waals surface area contributed by atoms with Crippen molar-refractivity contribution in [3.63, 3.8) is 0 Å². The van der Waals surface area contributed by atoms with Crippen LogP contribution in [0.2, 0.25) is 0 Å². The number of anilines is 1. The minimum Gasteiger partial charge on any atom is -0.354 e. The van der Waals surface area contributed by atoms with Gasteiger partial charge in [0.05, 0.1) is 23.3 Å². The lowest BCUT2D eigenvalue weighted by atomic mass is 10.0. The fraction of sp³-hybridized carbons (Fsp3) is 0.500. The third-order valence-electron chi connectivity index (χ3n) is 5.20. The summed E-state index contributed by atoms with van der Waals surface area (Å²) in [4.78, 5) is 26.1. The van der Waals surface area contributed by atoms with Crippen molar-refractivity contribution in [1.82, 2.24) is 34.4 Å². The highest BCUT2D eigenvalue weighted by Gasteiger charge is 2.29. The van der Waals surface area contributed by atoms with Crippen LogP contribution in [0.4, 0.5) is 5.82 Å². The molecule has 1 amide bonds. The molecule has 1 fully saturated rings. The maximum Gasteiger partial charge on any atom is 0.257 e. The summed E-state index contributed by atoms with van der Waals surface area (Å²) in [6, 6.07) is 0.119. The van der Waals surface area contributed by atoms with Crippen LogP contribution in [0.5, 0.6) is 0 Å². The van der Waals surface area contributed by atoms with Crippen LogP contribution in [-0.4, -0.2) is 66.5 Å². The number of aryl methyl sites for hydroxylation is 3. The molecule has 9 heteroatoms. The number of carbonyl (C=O) groups is 1. The fourth-order valence-corrected chi connectivity index (χ4v) is 3.72. The molecule has 4 heterocycles. The highest BCUT2D eigenvalue weighted by Crippen LogP contribution is 2.27. The summed E-state index contributed by atoms with van der Waals surface area (Å²) in [5.74, 6) is 1.63. The standard InChI is InChI=1S/C18H24N8O/c1-12-21-16-15(9-20-25(16)4)17(22-12)26-7-5-6-14(11-26)24(3)18(27)13-8-19-23(2)10-13/h8-10,14H,5-7,11H2,1-4H3. The van der Waals surface area contributed by atoms with E-state index in [0.717, 1.165) is 48.6 Å². The normalized spacial score (nSPS) is 17.5. The zero-order valence-electron chi connectivity index (χ0n) is 16.1. The van der Waals surface area contributed by atoms with E-state index in [2.05, 4.69) is 25.1 Å². The Balaban J connectivity index is 1.59. The molecule has 3 aromatic heterocycles. The smallest absolute Gasteiger partial charge is 0.257 e. The van der Waals surface area contributed by atoms with E-state index in [1.165, 1.54) is 0 Å². The number of amides is 1. The van der Waals surface area contributed by atoms with E-state index in [-0.39, 0.29) is 11.9 Å². The maximum atomic E-state index is 12.8. The molecule has 1 aliphatic heterocycles. The molecule has 0 spiro atoms. The van der Waals surface area contributed by atoms with Gasteiger partial charge in [0.2, 0.25) is 0 Å². The van der Waals surface area contributed by atoms with Crippen LogP contribution in [0.1, 0.15) is 29.0 Å². The number of nitrogens with zero attached hydrogens (tertiary/aromatic N) is 8. The average molecular weight is 368 g/mol. The maximum absolute atomic E-state index is 12.8. The second kappa shape index (κ2) is 6.64. The van der Waals surface area contributed by atoms with Crippen molar-refractivity contribution in [3.8, 4) is 0 Å². The van der Waals surface area contributed by atoms with E-state index in [1.807, 2.05) is 39.2 Å². The topological polar surface area (TPSA) is 85.0 Å². The van der Waals surface area contributed by atoms with Crippen molar-refractivity contribution >= 4 is 22.8 Å². The second-order valence-corrected chi connectivity index (χ2v) is 7.16. The Bertz CT molecular complexity index is 991. The van der Waals surface area contributed by atoms with Gasteiger partial charge >= 0.3 is 0 Å². The SMILES string of the molecule is Cc1nc(N2CCCC(N(C)C(=O)c3cnn(C)c3)C2)c2cnn(C)c2n1. The summed E-state index contributed by atoms with van der Waals surface area (Å²) in [6.45, 7) is 3.55. The van der Waals surface area contributed by atoms with E-state index in [4.69, 9.17) is 0 Å². The second-order valence-electron chi connectivity index (χ2n) is 7.16. The molecule has 27 heavy (non-hydrogen) atoms. The van der Waals surface area contributed by atoms with Crippen molar-refractivity contribution in [3.05, 3.63) is 30.0 Å². The van der Waals surface area contributed by atoms with Crippen LogP contribution in [0, 0.1) is 6.92 Å². The number of carbonyl (C=O) groups excluding carboxylic acids is 1. The lowest BCUT2D eigenvalue weighted by molar-refractivity contribution is 0.0717. The van der Waals surface area contributed by atoms with Gasteiger partial charge in [0.25, 0.3) is 5.91 Å². The molecule has 0 saturated carbocycles. The molecule has 1 saturated heterocycles. The lowest BCUT2D eigenvalue weighted by Gasteiger charge is -2.38. The lowest BCUT2D eigenvalue weighted by Crippen LogP contribution is -2.49. The third kappa shape index (κ3) is 3.13. The summed E-state index contributed by atoms with van der Waals surface area (Å²) < 4.78 is 3.42. The Labute approximate surface area is 157 Å². The molecule has 1 atom stereocenters. The van der Waals surface area contributed by atoms with Gasteiger partial charge < -0.3 is 9.80 Å². The number of rotatable bonds is 3. The first-order valence-corrected chi connectivity index (χ1v) is 9.11. The number of fused-ring (bicyclic) bond motifs is 1. The zero-order valence-corrected chi connectivity index (χ0v) is 16.1. The number of aromatic nitrogens is 6. The summed E-state index contributed by atoms with van der Waals surface area (Å²) in [5, 5.41) is 9.39. The Hall–Kier alpha value is -2.97. The van der Waals surface area contributed by atoms with E-state index in [1.54, 1.807) is 21.8 Å². The summed E-state index contributed by atoms with van der Waals surface area (Å²) >= 11 is 0. The molecule has 1 aliphatic rings. The molecule has 4 rings (SSSR count). The Morgan fingerprint density at radius 1 is 1.22 bits per heavy atom. The molecule has 1 unspecified atom stereocenters. The molecular formula is C18H24N8O. The highest BCUT2D eigenvalue weighted by molar-refractivity contribution is 5.94. The van der Waals surface area contributed by atoms with E-state index < -0.39 is 0 Å². The minimum absolute atomic E-state index is 0.000317. The molecule has 9 nitrogen and oxygen atoms in total. The average Bonchev–Trinajstić information content (AvgIpc) is 3.26. The Kier molecular flexibility index (Phi) is 4.29. The number of piperidine rings is 1. The van der Waals surface area contributed by atoms with Crippen LogP contribution in [0.3, 0.4) is 0 Å². The van der Waals surface area contributed by atoms with Gasteiger partial charge in [-0.3, -0.25) is 14.2 Å². The molecular weight excluding hydrogens is 344 g/mol. The van der Waals surface area contributed by atoms with Gasteiger partial charge in [-0.1, -0.05) is 0 Å². The molecule has 0 bridgehead atoms. The van der Waals surface area contributed by atoms with Crippen molar-refractivity contribution in [1.29, 1.82) is 0 Å². The van der Waals surface area contributed by atoms with Gasteiger partial charge in [-0.2, -0.15) is 10.2 Å². The molecule has 0 N–H and O–H groups in total. The first-order chi connectivity index (χ1) is 12.9. The quantitative estimate of drug-likeness (QED) is 0.689.